The zero-order valence-corrected chi connectivity index (χ0v) is 9.27. The molecule has 0 aromatic heterocycles. The quantitative estimate of drug-likeness (QED) is 0.422. The molecule has 1 aromatic carbocycles. The molecule has 4 nitrogen and oxygen atoms in total. The number of rotatable bonds is 6. The molecule has 0 saturated carbocycles. The molecule has 0 amide bonds. The molecule has 0 aliphatic heterocycles. The zero-order valence-electron chi connectivity index (χ0n) is 9.27. The highest BCUT2D eigenvalue weighted by atomic mass is 17.2. The Morgan fingerprint density at radius 1 is 1.31 bits per heavy atom. The van der Waals surface area contributed by atoms with Gasteiger partial charge in [0.1, 0.15) is 5.75 Å². The number of carbonyl (C=O) groups excluding carboxylic acids is 1. The van der Waals surface area contributed by atoms with Gasteiger partial charge in [0.25, 0.3) is 0 Å². The lowest BCUT2D eigenvalue weighted by Gasteiger charge is -2.04. The van der Waals surface area contributed by atoms with Crippen LogP contribution in [0.5, 0.6) is 5.75 Å². The van der Waals surface area contributed by atoms with Gasteiger partial charge in [-0.1, -0.05) is 6.92 Å². The van der Waals surface area contributed by atoms with Crippen molar-refractivity contribution in [3.63, 3.8) is 0 Å². The largest absolute Gasteiger partial charge is 0.494 e. The molecule has 0 N–H and O–H groups in total. The van der Waals surface area contributed by atoms with Crippen LogP contribution < -0.4 is 4.74 Å². The fourth-order valence-corrected chi connectivity index (χ4v) is 1.06. The van der Waals surface area contributed by atoms with Crippen LogP contribution in [0.15, 0.2) is 24.3 Å². The molecule has 0 heterocycles. The van der Waals surface area contributed by atoms with Gasteiger partial charge in [-0.2, -0.15) is 4.89 Å². The maximum Gasteiger partial charge on any atom is 0.373 e. The van der Waals surface area contributed by atoms with Gasteiger partial charge in [-0.3, -0.25) is 4.89 Å². The van der Waals surface area contributed by atoms with E-state index in [1.807, 2.05) is 6.92 Å². The molecule has 16 heavy (non-hydrogen) atoms. The summed E-state index contributed by atoms with van der Waals surface area (Å²) >= 11 is 0. The fraction of sp³-hybridized carbons (Fsp3) is 0.333. The summed E-state index contributed by atoms with van der Waals surface area (Å²) in [6.07, 6.45) is 0.552. The third-order valence-corrected chi connectivity index (χ3v) is 1.76. The van der Waals surface area contributed by atoms with E-state index in [0.29, 0.717) is 25.2 Å². The molecule has 0 bridgehead atoms. The summed E-state index contributed by atoms with van der Waals surface area (Å²) in [5, 5.41) is 0. The van der Waals surface area contributed by atoms with Crippen molar-refractivity contribution >= 4 is 5.97 Å². The van der Waals surface area contributed by atoms with Gasteiger partial charge in [0.05, 0.1) is 18.8 Å². The van der Waals surface area contributed by atoms with Crippen molar-refractivity contribution in [3.8, 4) is 5.75 Å². The topological polar surface area (TPSA) is 44.8 Å². The number of ether oxygens (including phenoxy) is 1. The molecule has 1 radical (unpaired) electrons. The molecule has 0 atom stereocenters. The minimum atomic E-state index is -0.517. The molecule has 0 unspecified atom stereocenters. The number of carbonyl (C=O) groups is 1. The number of benzene rings is 1. The van der Waals surface area contributed by atoms with Crippen molar-refractivity contribution in [2.45, 2.75) is 13.3 Å². The fourth-order valence-electron chi connectivity index (χ4n) is 1.06. The molecule has 0 spiro atoms. The van der Waals surface area contributed by atoms with Gasteiger partial charge in [-0.05, 0) is 37.6 Å². The number of hydrogen-bond acceptors (Lipinski definition) is 4. The SMILES string of the molecule is [CH2]CCOOC(=O)c1ccc(OCC)cc1. The van der Waals surface area contributed by atoms with Gasteiger partial charge in [0.15, 0.2) is 0 Å². The lowest BCUT2D eigenvalue weighted by Crippen LogP contribution is -2.06. The van der Waals surface area contributed by atoms with E-state index < -0.39 is 5.97 Å². The molecule has 0 aliphatic rings. The zero-order chi connectivity index (χ0) is 11.8. The first-order valence-corrected chi connectivity index (χ1v) is 5.13. The Labute approximate surface area is 95.1 Å². The van der Waals surface area contributed by atoms with Gasteiger partial charge >= 0.3 is 5.97 Å². The lowest BCUT2D eigenvalue weighted by molar-refractivity contribution is -0.239. The first-order chi connectivity index (χ1) is 7.77. The monoisotopic (exact) mass is 223 g/mol. The Morgan fingerprint density at radius 3 is 2.56 bits per heavy atom. The predicted molar refractivity (Wildman–Crippen MR) is 59.0 cm³/mol. The average Bonchev–Trinajstić information content (AvgIpc) is 2.30. The summed E-state index contributed by atoms with van der Waals surface area (Å²) in [6.45, 7) is 6.34. The summed E-state index contributed by atoms with van der Waals surface area (Å²) in [4.78, 5) is 20.6. The Hall–Kier alpha value is -1.55. The smallest absolute Gasteiger partial charge is 0.373 e. The van der Waals surface area contributed by atoms with E-state index >= 15 is 0 Å². The standard InChI is InChI=1S/C12H15O4/c1-3-9-15-16-12(13)10-5-7-11(8-6-10)14-4-2/h5-8H,1,3-4,9H2,2H3. The Morgan fingerprint density at radius 2 is 2.00 bits per heavy atom. The van der Waals surface area contributed by atoms with Crippen LogP contribution in [-0.2, 0) is 9.78 Å². The van der Waals surface area contributed by atoms with E-state index in [2.05, 4.69) is 16.7 Å². The van der Waals surface area contributed by atoms with Crippen LogP contribution >= 0.6 is 0 Å². The predicted octanol–water partition coefficient (Wildman–Crippen LogP) is 2.40. The molecule has 1 rings (SSSR count). The van der Waals surface area contributed by atoms with E-state index in [1.54, 1.807) is 24.3 Å². The second-order valence-corrected chi connectivity index (χ2v) is 3.00. The highest BCUT2D eigenvalue weighted by Crippen LogP contribution is 2.12. The summed E-state index contributed by atoms with van der Waals surface area (Å²) in [6, 6.07) is 6.67. The van der Waals surface area contributed by atoms with Crippen LogP contribution in [0.3, 0.4) is 0 Å². The lowest BCUT2D eigenvalue weighted by atomic mass is 10.2. The van der Waals surface area contributed by atoms with Crippen LogP contribution in [0.1, 0.15) is 23.7 Å². The number of hydrogen-bond donors (Lipinski definition) is 0. The van der Waals surface area contributed by atoms with Gasteiger partial charge in [-0.15, -0.1) is 0 Å². The van der Waals surface area contributed by atoms with Crippen molar-refractivity contribution < 1.29 is 19.3 Å². The average molecular weight is 223 g/mol. The summed E-state index contributed by atoms with van der Waals surface area (Å²) < 4.78 is 5.25. The molecule has 4 heteroatoms. The van der Waals surface area contributed by atoms with E-state index in [-0.39, 0.29) is 0 Å². The molecular weight excluding hydrogens is 208 g/mol. The van der Waals surface area contributed by atoms with E-state index in [0.717, 1.165) is 5.75 Å². The highest BCUT2D eigenvalue weighted by Gasteiger charge is 2.07. The van der Waals surface area contributed by atoms with Crippen molar-refractivity contribution in [1.29, 1.82) is 0 Å². The Bertz CT molecular complexity index is 318. The molecule has 0 fully saturated rings. The van der Waals surface area contributed by atoms with Gasteiger partial charge in [-0.25, -0.2) is 4.79 Å². The minimum Gasteiger partial charge on any atom is -0.494 e. The normalized spacial score (nSPS) is 9.88. The maximum absolute atomic E-state index is 11.4. The molecule has 0 aliphatic carbocycles. The van der Waals surface area contributed by atoms with Crippen molar-refractivity contribution in [1.82, 2.24) is 0 Å². The maximum atomic E-state index is 11.4. The summed E-state index contributed by atoms with van der Waals surface area (Å²) in [7, 11) is 0. The Kier molecular flexibility index (Phi) is 5.36. The van der Waals surface area contributed by atoms with Crippen LogP contribution in [0.4, 0.5) is 0 Å². The molecule has 1 aromatic rings. The molecule has 87 valence electrons. The van der Waals surface area contributed by atoms with Crippen molar-refractivity contribution in [2.75, 3.05) is 13.2 Å². The third-order valence-electron chi connectivity index (χ3n) is 1.76. The highest BCUT2D eigenvalue weighted by molar-refractivity contribution is 5.89. The second kappa shape index (κ2) is 6.85. The van der Waals surface area contributed by atoms with Crippen LogP contribution in [0.25, 0.3) is 0 Å². The minimum absolute atomic E-state index is 0.294. The molecular formula is C12H15O4. The van der Waals surface area contributed by atoms with Crippen molar-refractivity contribution in [3.05, 3.63) is 36.8 Å². The van der Waals surface area contributed by atoms with Crippen LogP contribution in [0, 0.1) is 6.92 Å². The summed E-state index contributed by atoms with van der Waals surface area (Å²) in [5.41, 5.74) is 0.424. The van der Waals surface area contributed by atoms with E-state index in [9.17, 15) is 4.79 Å². The van der Waals surface area contributed by atoms with Gasteiger partial charge in [0.2, 0.25) is 0 Å². The van der Waals surface area contributed by atoms with Crippen LogP contribution in [0.2, 0.25) is 0 Å². The van der Waals surface area contributed by atoms with Gasteiger partial charge < -0.3 is 4.74 Å². The first-order valence-electron chi connectivity index (χ1n) is 5.13. The molecule has 0 saturated heterocycles. The Balaban J connectivity index is 2.49. The van der Waals surface area contributed by atoms with Crippen LogP contribution in [-0.4, -0.2) is 19.2 Å². The first kappa shape index (κ1) is 12.5. The van der Waals surface area contributed by atoms with Crippen molar-refractivity contribution in [2.24, 2.45) is 0 Å². The van der Waals surface area contributed by atoms with Gasteiger partial charge in [0, 0.05) is 0 Å². The third kappa shape index (κ3) is 3.90. The second-order valence-electron chi connectivity index (χ2n) is 3.00. The van der Waals surface area contributed by atoms with E-state index in [4.69, 9.17) is 4.74 Å². The van der Waals surface area contributed by atoms with E-state index in [1.165, 1.54) is 0 Å². The summed E-state index contributed by atoms with van der Waals surface area (Å²) in [5.74, 6) is 0.203.